The van der Waals surface area contributed by atoms with Gasteiger partial charge in [0.2, 0.25) is 0 Å². The predicted octanol–water partition coefficient (Wildman–Crippen LogP) is 4.80. The van der Waals surface area contributed by atoms with Crippen LogP contribution >= 0.6 is 11.6 Å². The van der Waals surface area contributed by atoms with Gasteiger partial charge in [-0.2, -0.15) is 13.2 Å². The van der Waals surface area contributed by atoms with Crippen molar-refractivity contribution in [2.45, 2.75) is 31.1 Å². The molecule has 2 aromatic rings. The first-order valence-corrected chi connectivity index (χ1v) is 9.07. The smallest absolute Gasteiger partial charge is 0.416 e. The van der Waals surface area contributed by atoms with Crippen LogP contribution in [0, 0.1) is 0 Å². The Morgan fingerprint density at radius 2 is 1.86 bits per heavy atom. The van der Waals surface area contributed by atoms with Crippen LogP contribution in [0.1, 0.15) is 40.4 Å². The molecule has 0 spiro atoms. The third-order valence-corrected chi connectivity index (χ3v) is 5.23. The molecule has 9 heteroatoms. The maximum atomic E-state index is 13.2. The zero-order valence-electron chi connectivity index (χ0n) is 15.2. The third kappa shape index (κ3) is 4.17. The number of benzene rings is 2. The molecule has 0 radical (unpaired) electrons. The van der Waals surface area contributed by atoms with Crippen molar-refractivity contribution in [3.63, 3.8) is 0 Å². The van der Waals surface area contributed by atoms with E-state index in [1.54, 1.807) is 24.3 Å². The summed E-state index contributed by atoms with van der Waals surface area (Å²) in [5, 5.41) is 9.92. The molecule has 1 aliphatic rings. The van der Waals surface area contributed by atoms with Crippen molar-refractivity contribution in [1.29, 1.82) is 0 Å². The van der Waals surface area contributed by atoms with E-state index in [1.807, 2.05) is 0 Å². The molecule has 0 aromatic heterocycles. The fraction of sp³-hybridized carbons (Fsp3) is 0.300. The normalized spacial score (nSPS) is 19.3. The van der Waals surface area contributed by atoms with E-state index in [9.17, 15) is 27.9 Å². The summed E-state index contributed by atoms with van der Waals surface area (Å²) >= 11 is 6.23. The lowest BCUT2D eigenvalue weighted by Gasteiger charge is -2.29. The zero-order valence-corrected chi connectivity index (χ0v) is 16.0. The van der Waals surface area contributed by atoms with Crippen molar-refractivity contribution in [2.75, 3.05) is 7.11 Å². The number of carboxylic acid groups (broad SMARTS) is 1. The number of likely N-dealkylation sites (tertiary alicyclic amines) is 1. The molecule has 1 amide bonds. The number of ether oxygens (including phenoxy) is 1. The fourth-order valence-electron chi connectivity index (χ4n) is 3.54. The first kappa shape index (κ1) is 21.0. The topological polar surface area (TPSA) is 66.8 Å². The lowest BCUT2D eigenvalue weighted by Crippen LogP contribution is -2.42. The summed E-state index contributed by atoms with van der Waals surface area (Å²) in [4.78, 5) is 26.0. The van der Waals surface area contributed by atoms with E-state index in [1.165, 1.54) is 13.2 Å². The molecule has 154 valence electrons. The highest BCUT2D eigenvalue weighted by Gasteiger charge is 2.43. The van der Waals surface area contributed by atoms with E-state index in [2.05, 4.69) is 0 Å². The Balaban J connectivity index is 2.08. The molecule has 0 bridgehead atoms. The average molecular weight is 428 g/mol. The Labute approximate surface area is 169 Å². The highest BCUT2D eigenvalue weighted by atomic mass is 35.5. The van der Waals surface area contributed by atoms with Gasteiger partial charge in [-0.05, 0) is 42.7 Å². The first-order chi connectivity index (χ1) is 13.6. The Hall–Kier alpha value is -2.74. The molecular formula is C20H17ClF3NO4. The summed E-state index contributed by atoms with van der Waals surface area (Å²) in [5.41, 5.74) is -0.812. The molecule has 5 nitrogen and oxygen atoms in total. The number of hydrogen-bond donors (Lipinski definition) is 1. The van der Waals surface area contributed by atoms with Crippen molar-refractivity contribution >= 4 is 23.5 Å². The second kappa shape index (κ2) is 7.94. The van der Waals surface area contributed by atoms with Crippen LogP contribution in [-0.2, 0) is 11.0 Å². The first-order valence-electron chi connectivity index (χ1n) is 8.69. The minimum atomic E-state index is -4.69. The number of aliphatic carboxylic acids is 1. The number of carbonyl (C=O) groups is 2. The number of carbonyl (C=O) groups excluding carboxylic acids is 1. The van der Waals surface area contributed by atoms with Crippen LogP contribution in [0.2, 0.25) is 5.02 Å². The number of methoxy groups -OCH3 is 1. The fourth-order valence-corrected chi connectivity index (χ4v) is 3.80. The van der Waals surface area contributed by atoms with Crippen LogP contribution in [-0.4, -0.2) is 35.0 Å². The van der Waals surface area contributed by atoms with Gasteiger partial charge in [0, 0.05) is 10.6 Å². The average Bonchev–Trinajstić information content (AvgIpc) is 3.11. The quantitative estimate of drug-likeness (QED) is 0.761. The number of nitrogens with zero attached hydrogens (tertiary/aromatic N) is 1. The molecule has 1 fully saturated rings. The maximum Gasteiger partial charge on any atom is 0.416 e. The number of hydrogen-bond acceptors (Lipinski definition) is 3. The lowest BCUT2D eigenvalue weighted by atomic mass is 10.0. The summed E-state index contributed by atoms with van der Waals surface area (Å²) < 4.78 is 44.6. The number of rotatable bonds is 4. The van der Waals surface area contributed by atoms with Crippen molar-refractivity contribution in [3.05, 3.63) is 64.2 Å². The summed E-state index contributed by atoms with van der Waals surface area (Å²) in [6, 6.07) is 7.48. The molecule has 0 aliphatic carbocycles. The predicted molar refractivity (Wildman–Crippen MR) is 99.0 cm³/mol. The zero-order chi connectivity index (χ0) is 21.3. The van der Waals surface area contributed by atoms with Crippen LogP contribution in [0.25, 0.3) is 0 Å². The Bertz CT molecular complexity index is 948. The number of amides is 1. The van der Waals surface area contributed by atoms with Gasteiger partial charge in [-0.15, -0.1) is 0 Å². The van der Waals surface area contributed by atoms with E-state index >= 15 is 0 Å². The van der Waals surface area contributed by atoms with Crippen molar-refractivity contribution in [3.8, 4) is 5.75 Å². The molecule has 1 unspecified atom stereocenters. The van der Waals surface area contributed by atoms with Crippen LogP contribution in [0.4, 0.5) is 13.2 Å². The van der Waals surface area contributed by atoms with Gasteiger partial charge in [-0.25, -0.2) is 4.79 Å². The SMILES string of the molecule is COc1cc(C(=O)N2C(c3ccccc3Cl)CC[C@H]2C(=O)O)cc(C(F)(F)F)c1. The Morgan fingerprint density at radius 3 is 2.45 bits per heavy atom. The monoisotopic (exact) mass is 427 g/mol. The minimum absolute atomic E-state index is 0.149. The summed E-state index contributed by atoms with van der Waals surface area (Å²) in [5.74, 6) is -2.21. The van der Waals surface area contributed by atoms with Crippen LogP contribution in [0.15, 0.2) is 42.5 Å². The Kier molecular flexibility index (Phi) is 5.75. The number of alkyl halides is 3. The van der Waals surface area contributed by atoms with E-state index in [0.29, 0.717) is 23.1 Å². The molecule has 1 aliphatic heterocycles. The molecule has 2 atom stereocenters. The molecular weight excluding hydrogens is 411 g/mol. The van der Waals surface area contributed by atoms with Gasteiger partial charge in [-0.3, -0.25) is 4.79 Å². The van der Waals surface area contributed by atoms with Gasteiger partial charge in [0.15, 0.2) is 0 Å². The van der Waals surface area contributed by atoms with Crippen molar-refractivity contribution in [2.24, 2.45) is 0 Å². The van der Waals surface area contributed by atoms with E-state index in [-0.39, 0.29) is 17.7 Å². The van der Waals surface area contributed by atoms with Crippen molar-refractivity contribution < 1.29 is 32.6 Å². The second-order valence-electron chi connectivity index (χ2n) is 6.63. The lowest BCUT2D eigenvalue weighted by molar-refractivity contribution is -0.142. The van der Waals surface area contributed by atoms with Gasteiger partial charge < -0.3 is 14.7 Å². The molecule has 3 rings (SSSR count). The minimum Gasteiger partial charge on any atom is -0.497 e. The molecule has 0 saturated carbocycles. The van der Waals surface area contributed by atoms with E-state index < -0.39 is 35.7 Å². The second-order valence-corrected chi connectivity index (χ2v) is 7.04. The molecule has 29 heavy (non-hydrogen) atoms. The van der Waals surface area contributed by atoms with E-state index in [4.69, 9.17) is 16.3 Å². The van der Waals surface area contributed by atoms with Gasteiger partial charge in [0.05, 0.1) is 18.7 Å². The molecule has 2 aromatic carbocycles. The van der Waals surface area contributed by atoms with Gasteiger partial charge in [-0.1, -0.05) is 29.8 Å². The largest absolute Gasteiger partial charge is 0.497 e. The van der Waals surface area contributed by atoms with Crippen molar-refractivity contribution in [1.82, 2.24) is 4.90 Å². The highest BCUT2D eigenvalue weighted by molar-refractivity contribution is 6.31. The molecule has 1 saturated heterocycles. The summed E-state index contributed by atoms with van der Waals surface area (Å²) in [6.45, 7) is 0. The Morgan fingerprint density at radius 1 is 1.17 bits per heavy atom. The summed E-state index contributed by atoms with van der Waals surface area (Å²) in [6.07, 6.45) is -4.21. The summed E-state index contributed by atoms with van der Waals surface area (Å²) in [7, 11) is 1.19. The van der Waals surface area contributed by atoms with Gasteiger partial charge >= 0.3 is 12.1 Å². The molecule has 1 heterocycles. The maximum absolute atomic E-state index is 13.2. The third-order valence-electron chi connectivity index (χ3n) is 4.89. The van der Waals surface area contributed by atoms with Crippen LogP contribution in [0.5, 0.6) is 5.75 Å². The standard InChI is InChI=1S/C20H17ClF3NO4/c1-29-13-9-11(8-12(10-13)20(22,23)24)18(26)25-16(6-7-17(25)19(27)28)14-4-2-3-5-15(14)21/h2-5,8-10,16-17H,6-7H2,1H3,(H,27,28)/t16?,17-/m0/s1. The van der Waals surface area contributed by atoms with Gasteiger partial charge in [0.25, 0.3) is 5.91 Å². The molecule has 1 N–H and O–H groups in total. The highest BCUT2D eigenvalue weighted by Crippen LogP contribution is 2.41. The number of carboxylic acids is 1. The van der Waals surface area contributed by atoms with Crippen LogP contribution < -0.4 is 4.74 Å². The van der Waals surface area contributed by atoms with Crippen LogP contribution in [0.3, 0.4) is 0 Å². The van der Waals surface area contributed by atoms with E-state index in [0.717, 1.165) is 11.0 Å². The van der Waals surface area contributed by atoms with Gasteiger partial charge in [0.1, 0.15) is 11.8 Å². The number of halogens is 4.